The van der Waals surface area contributed by atoms with Crippen molar-refractivity contribution < 1.29 is 4.79 Å². The number of aryl methyl sites for hydroxylation is 2. The van der Waals surface area contributed by atoms with Gasteiger partial charge in [0.05, 0.1) is 0 Å². The highest BCUT2D eigenvalue weighted by Gasteiger charge is 2.18. The van der Waals surface area contributed by atoms with Crippen LogP contribution in [0.2, 0.25) is 0 Å². The van der Waals surface area contributed by atoms with E-state index in [1.54, 1.807) is 0 Å². The smallest absolute Gasteiger partial charge is 0.221 e. The van der Waals surface area contributed by atoms with E-state index in [1.807, 2.05) is 0 Å². The van der Waals surface area contributed by atoms with Crippen LogP contribution in [0, 0.1) is 13.8 Å². The molecule has 1 atom stereocenters. The fourth-order valence-corrected chi connectivity index (χ4v) is 2.00. The van der Waals surface area contributed by atoms with Crippen LogP contribution < -0.4 is 10.6 Å². The highest BCUT2D eigenvalue weighted by molar-refractivity contribution is 5.77. The summed E-state index contributed by atoms with van der Waals surface area (Å²) in [4.78, 5) is 11.5. The average molecular weight is 218 g/mol. The summed E-state index contributed by atoms with van der Waals surface area (Å²) in [5.41, 5.74) is 3.78. The summed E-state index contributed by atoms with van der Waals surface area (Å²) in [5, 5.41) is 6.26. The molecule has 1 aliphatic heterocycles. The maximum atomic E-state index is 11.5. The number of hydrogen-bond donors (Lipinski definition) is 2. The molecule has 3 heteroatoms. The molecule has 86 valence electrons. The van der Waals surface area contributed by atoms with E-state index in [0.29, 0.717) is 6.42 Å². The molecule has 0 aliphatic carbocycles. The Morgan fingerprint density at radius 2 is 2.00 bits per heavy atom. The van der Waals surface area contributed by atoms with Crippen molar-refractivity contribution in [2.24, 2.45) is 0 Å². The van der Waals surface area contributed by atoms with Crippen molar-refractivity contribution in [3.63, 3.8) is 0 Å². The Morgan fingerprint density at radius 3 is 2.75 bits per heavy atom. The minimum atomic E-state index is 0.133. The van der Waals surface area contributed by atoms with Gasteiger partial charge in [-0.2, -0.15) is 0 Å². The molecule has 1 saturated heterocycles. The Hall–Kier alpha value is -1.35. The first-order chi connectivity index (χ1) is 7.66. The summed E-state index contributed by atoms with van der Waals surface area (Å²) >= 11 is 0. The predicted molar refractivity (Wildman–Crippen MR) is 64.3 cm³/mol. The van der Waals surface area contributed by atoms with E-state index in [0.717, 1.165) is 13.1 Å². The van der Waals surface area contributed by atoms with Crippen LogP contribution in [0.25, 0.3) is 0 Å². The monoisotopic (exact) mass is 218 g/mol. The van der Waals surface area contributed by atoms with E-state index in [9.17, 15) is 4.79 Å². The van der Waals surface area contributed by atoms with Gasteiger partial charge in [-0.05, 0) is 30.5 Å². The van der Waals surface area contributed by atoms with Gasteiger partial charge in [0, 0.05) is 25.6 Å². The van der Waals surface area contributed by atoms with Gasteiger partial charge in [0.15, 0.2) is 0 Å². The fraction of sp³-hybridized carbons (Fsp3) is 0.462. The van der Waals surface area contributed by atoms with Crippen molar-refractivity contribution in [2.75, 3.05) is 13.1 Å². The van der Waals surface area contributed by atoms with Crippen molar-refractivity contribution in [1.29, 1.82) is 0 Å². The molecule has 1 aliphatic rings. The Morgan fingerprint density at radius 1 is 1.19 bits per heavy atom. The zero-order valence-corrected chi connectivity index (χ0v) is 9.84. The zero-order valence-electron chi connectivity index (χ0n) is 9.84. The van der Waals surface area contributed by atoms with E-state index < -0.39 is 0 Å². The number of carbonyl (C=O) groups excluding carboxylic acids is 1. The lowest BCUT2D eigenvalue weighted by atomic mass is 9.99. The molecule has 0 bridgehead atoms. The van der Waals surface area contributed by atoms with Gasteiger partial charge in [-0.1, -0.05) is 18.2 Å². The van der Waals surface area contributed by atoms with Crippen molar-refractivity contribution in [3.05, 3.63) is 34.9 Å². The summed E-state index contributed by atoms with van der Waals surface area (Å²) in [6, 6.07) is 6.56. The molecule has 16 heavy (non-hydrogen) atoms. The first-order valence-electron chi connectivity index (χ1n) is 5.74. The van der Waals surface area contributed by atoms with Gasteiger partial charge >= 0.3 is 0 Å². The molecule has 1 amide bonds. The lowest BCUT2D eigenvalue weighted by Crippen LogP contribution is -2.24. The topological polar surface area (TPSA) is 41.1 Å². The minimum Gasteiger partial charge on any atom is -0.355 e. The second-order valence-corrected chi connectivity index (χ2v) is 4.40. The number of nitrogens with one attached hydrogen (secondary N) is 2. The molecule has 1 unspecified atom stereocenters. The molecule has 1 aromatic rings. The third-order valence-electron chi connectivity index (χ3n) is 3.16. The molecule has 3 nitrogen and oxygen atoms in total. The summed E-state index contributed by atoms with van der Waals surface area (Å²) < 4.78 is 0. The Kier molecular flexibility index (Phi) is 3.25. The first kappa shape index (κ1) is 11.1. The maximum Gasteiger partial charge on any atom is 0.221 e. The van der Waals surface area contributed by atoms with Gasteiger partial charge in [0.1, 0.15) is 0 Å². The molecule has 2 rings (SSSR count). The SMILES string of the molecule is Cc1ccc(C2CC(=O)NCCN2)cc1C. The van der Waals surface area contributed by atoms with Crippen LogP contribution >= 0.6 is 0 Å². The Labute approximate surface area is 96.2 Å². The molecule has 0 radical (unpaired) electrons. The van der Waals surface area contributed by atoms with Crippen molar-refractivity contribution in [3.8, 4) is 0 Å². The summed E-state index contributed by atoms with van der Waals surface area (Å²) in [7, 11) is 0. The largest absolute Gasteiger partial charge is 0.355 e. The second-order valence-electron chi connectivity index (χ2n) is 4.40. The Bertz CT molecular complexity index is 401. The molecular weight excluding hydrogens is 200 g/mol. The van der Waals surface area contributed by atoms with E-state index >= 15 is 0 Å². The first-order valence-corrected chi connectivity index (χ1v) is 5.74. The summed E-state index contributed by atoms with van der Waals surface area (Å²) in [5.74, 6) is 0.133. The number of rotatable bonds is 1. The molecule has 2 N–H and O–H groups in total. The van der Waals surface area contributed by atoms with Crippen LogP contribution in [-0.4, -0.2) is 19.0 Å². The normalized spacial score (nSPS) is 21.4. The van der Waals surface area contributed by atoms with Gasteiger partial charge in [-0.3, -0.25) is 4.79 Å². The van der Waals surface area contributed by atoms with Crippen LogP contribution in [-0.2, 0) is 4.79 Å². The average Bonchev–Trinajstić information content (AvgIpc) is 2.47. The van der Waals surface area contributed by atoms with E-state index in [-0.39, 0.29) is 11.9 Å². The molecule has 1 aromatic carbocycles. The molecule has 0 aromatic heterocycles. The second kappa shape index (κ2) is 4.66. The van der Waals surface area contributed by atoms with Crippen LogP contribution in [0.5, 0.6) is 0 Å². The van der Waals surface area contributed by atoms with Gasteiger partial charge < -0.3 is 10.6 Å². The van der Waals surface area contributed by atoms with Gasteiger partial charge in [0.2, 0.25) is 5.91 Å². The number of benzene rings is 1. The number of hydrogen-bond acceptors (Lipinski definition) is 2. The highest BCUT2D eigenvalue weighted by Crippen LogP contribution is 2.20. The van der Waals surface area contributed by atoms with E-state index in [1.165, 1.54) is 16.7 Å². The number of amides is 1. The van der Waals surface area contributed by atoms with Gasteiger partial charge in [-0.25, -0.2) is 0 Å². The molecule has 1 heterocycles. The molecule has 0 spiro atoms. The van der Waals surface area contributed by atoms with Gasteiger partial charge in [-0.15, -0.1) is 0 Å². The standard InChI is InChI=1S/C13H18N2O/c1-9-3-4-11(7-10(9)2)12-8-13(16)15-6-5-14-12/h3-4,7,12,14H,5-6,8H2,1-2H3,(H,15,16). The Balaban J connectivity index is 2.21. The van der Waals surface area contributed by atoms with E-state index in [4.69, 9.17) is 0 Å². The lowest BCUT2D eigenvalue weighted by Gasteiger charge is -2.16. The lowest BCUT2D eigenvalue weighted by molar-refractivity contribution is -0.121. The van der Waals surface area contributed by atoms with Crippen LogP contribution in [0.1, 0.15) is 29.2 Å². The van der Waals surface area contributed by atoms with Crippen molar-refractivity contribution >= 4 is 5.91 Å². The summed E-state index contributed by atoms with van der Waals surface area (Å²) in [6.07, 6.45) is 0.530. The fourth-order valence-electron chi connectivity index (χ4n) is 2.00. The van der Waals surface area contributed by atoms with Crippen LogP contribution in [0.4, 0.5) is 0 Å². The highest BCUT2D eigenvalue weighted by atomic mass is 16.1. The van der Waals surface area contributed by atoms with Crippen LogP contribution in [0.3, 0.4) is 0 Å². The van der Waals surface area contributed by atoms with Crippen molar-refractivity contribution in [1.82, 2.24) is 10.6 Å². The molecule has 0 saturated carbocycles. The number of carbonyl (C=O) groups is 1. The van der Waals surface area contributed by atoms with Crippen molar-refractivity contribution in [2.45, 2.75) is 26.3 Å². The summed E-state index contributed by atoms with van der Waals surface area (Å²) in [6.45, 7) is 5.77. The third-order valence-corrected chi connectivity index (χ3v) is 3.16. The maximum absolute atomic E-state index is 11.5. The molecular formula is C13H18N2O. The third kappa shape index (κ3) is 2.42. The molecule has 1 fully saturated rings. The minimum absolute atomic E-state index is 0.133. The van der Waals surface area contributed by atoms with Gasteiger partial charge in [0.25, 0.3) is 0 Å². The predicted octanol–water partition coefficient (Wildman–Crippen LogP) is 1.45. The van der Waals surface area contributed by atoms with E-state index in [2.05, 4.69) is 42.7 Å². The zero-order chi connectivity index (χ0) is 11.5. The van der Waals surface area contributed by atoms with Crippen LogP contribution in [0.15, 0.2) is 18.2 Å². The quantitative estimate of drug-likeness (QED) is 0.749.